The van der Waals surface area contributed by atoms with E-state index >= 15 is 0 Å². The lowest BCUT2D eigenvalue weighted by molar-refractivity contribution is 0.494. The lowest BCUT2D eigenvalue weighted by Crippen LogP contribution is -2.16. The predicted molar refractivity (Wildman–Crippen MR) is 77.2 cm³/mol. The molecule has 0 atom stereocenters. The van der Waals surface area contributed by atoms with Crippen LogP contribution in [0.2, 0.25) is 0 Å². The Morgan fingerprint density at radius 2 is 1.72 bits per heavy atom. The maximum absolute atomic E-state index is 6.12. The Labute approximate surface area is 109 Å². The van der Waals surface area contributed by atoms with Crippen molar-refractivity contribution in [1.82, 2.24) is 5.32 Å². The first-order valence-corrected chi connectivity index (χ1v) is 6.53. The van der Waals surface area contributed by atoms with Crippen LogP contribution in [0.15, 0.2) is 16.5 Å². The van der Waals surface area contributed by atoms with Crippen LogP contribution in [0.4, 0.5) is 0 Å². The highest BCUT2D eigenvalue weighted by atomic mass is 16.3. The molecule has 2 heteroatoms. The molecule has 0 bridgehead atoms. The molecule has 1 aromatic heterocycles. The van der Waals surface area contributed by atoms with Crippen LogP contribution < -0.4 is 5.32 Å². The smallest absolute Gasteiger partial charge is 0.137 e. The van der Waals surface area contributed by atoms with Gasteiger partial charge in [-0.25, -0.2) is 0 Å². The summed E-state index contributed by atoms with van der Waals surface area (Å²) in [7, 11) is 1.96. The summed E-state index contributed by atoms with van der Waals surface area (Å²) in [6.07, 6.45) is 0. The summed E-state index contributed by atoms with van der Waals surface area (Å²) in [5, 5.41) is 4.50. The first-order chi connectivity index (χ1) is 8.36. The minimum Gasteiger partial charge on any atom is -0.459 e. The molecule has 0 saturated heterocycles. The van der Waals surface area contributed by atoms with Crippen LogP contribution in [0.3, 0.4) is 0 Å². The second kappa shape index (κ2) is 4.43. The van der Waals surface area contributed by atoms with E-state index in [1.54, 1.807) is 0 Å². The lowest BCUT2D eigenvalue weighted by Gasteiger charge is -2.20. The van der Waals surface area contributed by atoms with E-state index < -0.39 is 0 Å². The van der Waals surface area contributed by atoms with Gasteiger partial charge in [0, 0.05) is 10.9 Å². The van der Waals surface area contributed by atoms with Crippen LogP contribution in [0.25, 0.3) is 11.0 Å². The Balaban J connectivity index is 2.85. The highest BCUT2D eigenvalue weighted by molar-refractivity contribution is 5.89. The van der Waals surface area contributed by atoms with Crippen molar-refractivity contribution in [2.45, 2.75) is 46.6 Å². The Morgan fingerprint density at radius 1 is 1.11 bits per heavy atom. The van der Waals surface area contributed by atoms with E-state index in [4.69, 9.17) is 4.42 Å². The molecule has 0 saturated carbocycles. The third kappa shape index (κ3) is 2.05. The highest BCUT2D eigenvalue weighted by Crippen LogP contribution is 2.38. The molecular weight excluding hydrogens is 222 g/mol. The van der Waals surface area contributed by atoms with E-state index in [-0.39, 0.29) is 5.41 Å². The normalized spacial score (nSPS) is 12.3. The van der Waals surface area contributed by atoms with E-state index in [1.165, 1.54) is 22.1 Å². The SMILES string of the molecule is CNCc1oc2c(C)ccc(C)c2c1C(C)(C)C. The van der Waals surface area contributed by atoms with Crippen molar-refractivity contribution in [3.05, 3.63) is 34.6 Å². The molecule has 0 aliphatic rings. The Morgan fingerprint density at radius 3 is 2.28 bits per heavy atom. The summed E-state index contributed by atoms with van der Waals surface area (Å²) in [6.45, 7) is 11.8. The van der Waals surface area contributed by atoms with Crippen molar-refractivity contribution in [2.75, 3.05) is 7.05 Å². The van der Waals surface area contributed by atoms with Gasteiger partial charge in [0.2, 0.25) is 0 Å². The standard InChI is InChI=1S/C16H23NO/c1-10-7-8-11(2)15-13(10)14(16(3,4)5)12(18-15)9-17-6/h7-8,17H,9H2,1-6H3. The fraction of sp³-hybridized carbons (Fsp3) is 0.500. The molecule has 0 spiro atoms. The van der Waals surface area contributed by atoms with Gasteiger partial charge < -0.3 is 9.73 Å². The molecule has 2 nitrogen and oxygen atoms in total. The van der Waals surface area contributed by atoms with Crippen LogP contribution in [-0.4, -0.2) is 7.05 Å². The maximum atomic E-state index is 6.12. The summed E-state index contributed by atoms with van der Waals surface area (Å²) in [4.78, 5) is 0. The number of rotatable bonds is 2. The molecule has 0 aliphatic carbocycles. The Kier molecular flexibility index (Phi) is 3.24. The molecule has 1 heterocycles. The van der Waals surface area contributed by atoms with E-state index in [1.807, 2.05) is 7.05 Å². The Bertz CT molecular complexity index is 573. The minimum absolute atomic E-state index is 0.0932. The van der Waals surface area contributed by atoms with Gasteiger partial charge in [0.05, 0.1) is 6.54 Å². The molecule has 98 valence electrons. The average molecular weight is 245 g/mol. The molecule has 1 N–H and O–H groups in total. The number of benzene rings is 1. The van der Waals surface area contributed by atoms with Crippen molar-refractivity contribution >= 4 is 11.0 Å². The third-order valence-corrected chi connectivity index (χ3v) is 3.40. The zero-order valence-electron chi connectivity index (χ0n) is 12.3. The molecule has 1 aromatic carbocycles. The van der Waals surface area contributed by atoms with Gasteiger partial charge in [-0.15, -0.1) is 0 Å². The fourth-order valence-corrected chi connectivity index (χ4v) is 2.62. The topological polar surface area (TPSA) is 25.2 Å². The largest absolute Gasteiger partial charge is 0.459 e. The minimum atomic E-state index is 0.0932. The molecule has 18 heavy (non-hydrogen) atoms. The molecule has 0 unspecified atom stereocenters. The van der Waals surface area contributed by atoms with E-state index in [9.17, 15) is 0 Å². The molecule has 2 aromatic rings. The van der Waals surface area contributed by atoms with Gasteiger partial charge in [-0.05, 0) is 37.4 Å². The monoisotopic (exact) mass is 245 g/mol. The number of hydrogen-bond acceptors (Lipinski definition) is 2. The Hall–Kier alpha value is -1.28. The van der Waals surface area contributed by atoms with Gasteiger partial charge in [0.1, 0.15) is 11.3 Å². The van der Waals surface area contributed by atoms with Gasteiger partial charge >= 0.3 is 0 Å². The van der Waals surface area contributed by atoms with Crippen molar-refractivity contribution < 1.29 is 4.42 Å². The molecule has 0 amide bonds. The molecule has 0 aliphatic heterocycles. The van der Waals surface area contributed by atoms with Gasteiger partial charge in [-0.3, -0.25) is 0 Å². The fourth-order valence-electron chi connectivity index (χ4n) is 2.62. The number of furan rings is 1. The first kappa shape index (κ1) is 13.2. The van der Waals surface area contributed by atoms with Gasteiger partial charge in [-0.2, -0.15) is 0 Å². The summed E-state index contributed by atoms with van der Waals surface area (Å²) in [5.74, 6) is 1.07. The quantitative estimate of drug-likeness (QED) is 0.863. The number of hydrogen-bond donors (Lipinski definition) is 1. The molecule has 0 radical (unpaired) electrons. The lowest BCUT2D eigenvalue weighted by atomic mass is 9.83. The summed E-state index contributed by atoms with van der Waals surface area (Å²) in [6, 6.07) is 4.32. The van der Waals surface area contributed by atoms with Gasteiger partial charge in [0.15, 0.2) is 0 Å². The first-order valence-electron chi connectivity index (χ1n) is 6.53. The van der Waals surface area contributed by atoms with Gasteiger partial charge in [0.25, 0.3) is 0 Å². The van der Waals surface area contributed by atoms with Crippen molar-refractivity contribution in [3.8, 4) is 0 Å². The van der Waals surface area contributed by atoms with E-state index in [0.29, 0.717) is 0 Å². The number of aryl methyl sites for hydroxylation is 2. The molecular formula is C16H23NO. The van der Waals surface area contributed by atoms with Gasteiger partial charge in [-0.1, -0.05) is 32.9 Å². The summed E-state index contributed by atoms with van der Waals surface area (Å²) < 4.78 is 6.12. The number of fused-ring (bicyclic) bond motifs is 1. The van der Waals surface area contributed by atoms with Crippen LogP contribution in [0.5, 0.6) is 0 Å². The predicted octanol–water partition coefficient (Wildman–Crippen LogP) is 4.07. The van der Waals surface area contributed by atoms with Crippen molar-refractivity contribution in [1.29, 1.82) is 0 Å². The summed E-state index contributed by atoms with van der Waals surface area (Å²) >= 11 is 0. The van der Waals surface area contributed by atoms with Crippen LogP contribution in [0, 0.1) is 13.8 Å². The van der Waals surface area contributed by atoms with E-state index in [0.717, 1.165) is 17.9 Å². The zero-order chi connectivity index (χ0) is 13.5. The summed E-state index contributed by atoms with van der Waals surface area (Å²) in [5.41, 5.74) is 4.99. The number of nitrogens with one attached hydrogen (secondary N) is 1. The van der Waals surface area contributed by atoms with Crippen molar-refractivity contribution in [3.63, 3.8) is 0 Å². The third-order valence-electron chi connectivity index (χ3n) is 3.40. The second-order valence-electron chi connectivity index (χ2n) is 6.08. The van der Waals surface area contributed by atoms with E-state index in [2.05, 4.69) is 52.1 Å². The molecule has 0 fully saturated rings. The highest BCUT2D eigenvalue weighted by Gasteiger charge is 2.26. The molecule has 2 rings (SSSR count). The zero-order valence-corrected chi connectivity index (χ0v) is 12.3. The maximum Gasteiger partial charge on any atom is 0.137 e. The average Bonchev–Trinajstić information content (AvgIpc) is 2.64. The van der Waals surface area contributed by atoms with Crippen molar-refractivity contribution in [2.24, 2.45) is 0 Å². The second-order valence-corrected chi connectivity index (χ2v) is 6.08. The van der Waals surface area contributed by atoms with Crippen LogP contribution in [-0.2, 0) is 12.0 Å². The van der Waals surface area contributed by atoms with Crippen LogP contribution in [0.1, 0.15) is 43.2 Å². The van der Waals surface area contributed by atoms with Crippen LogP contribution >= 0.6 is 0 Å².